The molecule has 0 atom stereocenters. The first kappa shape index (κ1) is 12.3. The monoisotopic (exact) mass is 203 g/mol. The van der Waals surface area contributed by atoms with Crippen LogP contribution >= 0.6 is 0 Å². The predicted molar refractivity (Wildman–Crippen MR) is 67.0 cm³/mol. The molecule has 15 heavy (non-hydrogen) atoms. The molecule has 0 amide bonds. The first-order valence-electron chi connectivity index (χ1n) is 6.38. The van der Waals surface area contributed by atoms with Crippen LogP contribution in [0.4, 0.5) is 0 Å². The summed E-state index contributed by atoms with van der Waals surface area (Å²) in [5.41, 5.74) is 1.44. The van der Waals surface area contributed by atoms with E-state index in [9.17, 15) is 0 Å². The number of aryl methyl sites for hydroxylation is 1. The topological polar surface area (TPSA) is 0 Å². The van der Waals surface area contributed by atoms with Gasteiger partial charge >= 0.3 is 0 Å². The number of unbranched alkanes of at least 4 members (excludes halogenated alkanes) is 6. The Kier molecular flexibility index (Phi) is 6.98. The predicted octanol–water partition coefficient (Wildman–Crippen LogP) is 4.78. The van der Waals surface area contributed by atoms with E-state index in [0.717, 1.165) is 0 Å². The highest BCUT2D eigenvalue weighted by Gasteiger charge is 1.93. The summed E-state index contributed by atoms with van der Waals surface area (Å²) in [4.78, 5) is 0. The van der Waals surface area contributed by atoms with Crippen LogP contribution in [0, 0.1) is 6.07 Å². The highest BCUT2D eigenvalue weighted by molar-refractivity contribution is 5.13. The molecule has 0 aliphatic rings. The quantitative estimate of drug-likeness (QED) is 0.533. The second-order valence-electron chi connectivity index (χ2n) is 4.28. The molecule has 0 aromatic heterocycles. The highest BCUT2D eigenvalue weighted by atomic mass is 14.0. The van der Waals surface area contributed by atoms with Gasteiger partial charge in [-0.25, -0.2) is 0 Å². The van der Waals surface area contributed by atoms with Gasteiger partial charge in [0.1, 0.15) is 0 Å². The van der Waals surface area contributed by atoms with Crippen molar-refractivity contribution in [3.05, 3.63) is 35.9 Å². The third-order valence-corrected chi connectivity index (χ3v) is 2.84. The standard InChI is InChI=1S/C15H23/c1-2-3-4-5-6-7-9-12-15-13-10-8-11-14-15/h8,10,13-14H,2-7,9,12H2,1H3. The number of benzene rings is 1. The second-order valence-corrected chi connectivity index (χ2v) is 4.28. The van der Waals surface area contributed by atoms with E-state index in [2.05, 4.69) is 31.2 Å². The van der Waals surface area contributed by atoms with E-state index in [0.29, 0.717) is 0 Å². The average Bonchev–Trinajstić information content (AvgIpc) is 2.29. The van der Waals surface area contributed by atoms with Crippen LogP contribution in [0.3, 0.4) is 0 Å². The summed E-state index contributed by atoms with van der Waals surface area (Å²) in [6.07, 6.45) is 11.0. The van der Waals surface area contributed by atoms with Crippen LogP contribution in [0.1, 0.15) is 57.4 Å². The van der Waals surface area contributed by atoms with E-state index in [1.54, 1.807) is 0 Å². The van der Waals surface area contributed by atoms with Gasteiger partial charge in [-0.2, -0.15) is 0 Å². The molecule has 83 valence electrons. The molecular weight excluding hydrogens is 180 g/mol. The lowest BCUT2D eigenvalue weighted by Gasteiger charge is -2.01. The maximum Gasteiger partial charge on any atom is -0.0181 e. The van der Waals surface area contributed by atoms with Gasteiger partial charge < -0.3 is 0 Å². The zero-order valence-corrected chi connectivity index (χ0v) is 9.97. The molecule has 1 aromatic rings. The third kappa shape index (κ3) is 6.33. The van der Waals surface area contributed by atoms with Crippen LogP contribution in [0.5, 0.6) is 0 Å². The summed E-state index contributed by atoms with van der Waals surface area (Å²) in [5, 5.41) is 0. The fourth-order valence-corrected chi connectivity index (χ4v) is 1.87. The van der Waals surface area contributed by atoms with Crippen molar-refractivity contribution in [1.29, 1.82) is 0 Å². The molecule has 0 unspecified atom stereocenters. The van der Waals surface area contributed by atoms with Crippen LogP contribution in [-0.4, -0.2) is 0 Å². The van der Waals surface area contributed by atoms with Gasteiger partial charge in [-0.15, -0.1) is 0 Å². The summed E-state index contributed by atoms with van der Waals surface area (Å²) in [5.74, 6) is 0. The Morgan fingerprint density at radius 2 is 1.73 bits per heavy atom. The fraction of sp³-hybridized carbons (Fsp3) is 0.600. The lowest BCUT2D eigenvalue weighted by molar-refractivity contribution is 0.589. The lowest BCUT2D eigenvalue weighted by Crippen LogP contribution is -1.85. The Bertz CT molecular complexity index is 225. The Morgan fingerprint density at radius 3 is 2.40 bits per heavy atom. The molecule has 0 saturated heterocycles. The molecule has 0 aliphatic heterocycles. The highest BCUT2D eigenvalue weighted by Crippen LogP contribution is 2.10. The summed E-state index contributed by atoms with van der Waals surface area (Å²) in [6, 6.07) is 11.5. The SMILES string of the molecule is CCCCCCCCCc1c[c]ccc1. The van der Waals surface area contributed by atoms with Crippen LogP contribution in [-0.2, 0) is 6.42 Å². The Hall–Kier alpha value is -0.780. The van der Waals surface area contributed by atoms with Gasteiger partial charge in [0.15, 0.2) is 0 Å². The molecule has 1 aromatic carbocycles. The van der Waals surface area contributed by atoms with E-state index in [4.69, 9.17) is 0 Å². The molecular formula is C15H23. The van der Waals surface area contributed by atoms with Crippen molar-refractivity contribution in [2.75, 3.05) is 0 Å². The van der Waals surface area contributed by atoms with Crippen molar-refractivity contribution in [3.63, 3.8) is 0 Å². The van der Waals surface area contributed by atoms with Crippen LogP contribution in [0.25, 0.3) is 0 Å². The van der Waals surface area contributed by atoms with E-state index >= 15 is 0 Å². The van der Waals surface area contributed by atoms with Crippen molar-refractivity contribution in [2.45, 2.75) is 58.3 Å². The number of hydrogen-bond donors (Lipinski definition) is 0. The molecule has 0 aliphatic carbocycles. The smallest absolute Gasteiger partial charge is 0.0181 e. The molecule has 0 spiro atoms. The van der Waals surface area contributed by atoms with Gasteiger partial charge in [0, 0.05) is 0 Å². The van der Waals surface area contributed by atoms with Gasteiger partial charge in [0.2, 0.25) is 0 Å². The van der Waals surface area contributed by atoms with Crippen molar-refractivity contribution < 1.29 is 0 Å². The molecule has 0 saturated carbocycles. The van der Waals surface area contributed by atoms with Gasteiger partial charge in [-0.1, -0.05) is 69.7 Å². The third-order valence-electron chi connectivity index (χ3n) is 2.84. The lowest BCUT2D eigenvalue weighted by atomic mass is 10.0. The Morgan fingerprint density at radius 1 is 1.00 bits per heavy atom. The summed E-state index contributed by atoms with van der Waals surface area (Å²) in [7, 11) is 0. The van der Waals surface area contributed by atoms with Crippen molar-refractivity contribution in [3.8, 4) is 0 Å². The molecule has 0 bridgehead atoms. The molecule has 1 radical (unpaired) electrons. The van der Waals surface area contributed by atoms with Crippen molar-refractivity contribution >= 4 is 0 Å². The molecule has 0 nitrogen and oxygen atoms in total. The van der Waals surface area contributed by atoms with E-state index < -0.39 is 0 Å². The maximum atomic E-state index is 3.13. The second kappa shape index (κ2) is 8.52. The average molecular weight is 203 g/mol. The van der Waals surface area contributed by atoms with Gasteiger partial charge in [-0.05, 0) is 24.5 Å². The minimum atomic E-state index is 1.23. The van der Waals surface area contributed by atoms with Crippen molar-refractivity contribution in [2.24, 2.45) is 0 Å². The van der Waals surface area contributed by atoms with Gasteiger partial charge in [0.05, 0.1) is 0 Å². The summed E-state index contributed by atoms with van der Waals surface area (Å²) >= 11 is 0. The molecule has 0 N–H and O–H groups in total. The first-order chi connectivity index (χ1) is 7.43. The first-order valence-corrected chi connectivity index (χ1v) is 6.38. The minimum absolute atomic E-state index is 1.23. The van der Waals surface area contributed by atoms with Crippen molar-refractivity contribution in [1.82, 2.24) is 0 Å². The molecule has 0 fully saturated rings. The zero-order chi connectivity index (χ0) is 10.8. The summed E-state index contributed by atoms with van der Waals surface area (Å²) in [6.45, 7) is 2.27. The molecule has 0 heterocycles. The van der Waals surface area contributed by atoms with Gasteiger partial charge in [-0.3, -0.25) is 0 Å². The minimum Gasteiger partial charge on any atom is -0.0654 e. The zero-order valence-electron chi connectivity index (χ0n) is 9.97. The van der Waals surface area contributed by atoms with Gasteiger partial charge in [0.25, 0.3) is 0 Å². The maximum absolute atomic E-state index is 3.13. The number of hydrogen-bond acceptors (Lipinski definition) is 0. The normalized spacial score (nSPS) is 10.5. The van der Waals surface area contributed by atoms with Crippen LogP contribution < -0.4 is 0 Å². The fourth-order valence-electron chi connectivity index (χ4n) is 1.87. The van der Waals surface area contributed by atoms with E-state index in [1.165, 1.54) is 56.9 Å². The van der Waals surface area contributed by atoms with E-state index in [1.807, 2.05) is 6.07 Å². The van der Waals surface area contributed by atoms with E-state index in [-0.39, 0.29) is 0 Å². The summed E-state index contributed by atoms with van der Waals surface area (Å²) < 4.78 is 0. The molecule has 1 rings (SSSR count). The number of rotatable bonds is 8. The van der Waals surface area contributed by atoms with Crippen LogP contribution in [0.15, 0.2) is 24.3 Å². The Balaban J connectivity index is 1.93. The van der Waals surface area contributed by atoms with Crippen LogP contribution in [0.2, 0.25) is 0 Å². The Labute approximate surface area is 94.7 Å². The largest absolute Gasteiger partial charge is 0.0654 e. The molecule has 0 heteroatoms.